The molecule has 0 aliphatic carbocycles. The van der Waals surface area contributed by atoms with Gasteiger partial charge in [0, 0.05) is 0 Å². The first-order valence-electron chi connectivity index (χ1n) is 3.50. The second-order valence-corrected chi connectivity index (χ2v) is 2.40. The van der Waals surface area contributed by atoms with Gasteiger partial charge < -0.3 is 15.9 Å². The molecular weight excluding hydrogens is 142 g/mol. The lowest BCUT2D eigenvalue weighted by Crippen LogP contribution is -2.52. The first-order chi connectivity index (χ1) is 5.24. The van der Waals surface area contributed by atoms with Gasteiger partial charge in [-0.2, -0.15) is 0 Å². The average molecular weight is 154 g/mol. The van der Waals surface area contributed by atoms with E-state index in [1.807, 2.05) is 0 Å². The van der Waals surface area contributed by atoms with Crippen LogP contribution < -0.4 is 5.73 Å². The van der Waals surface area contributed by atoms with Gasteiger partial charge in [0.05, 0.1) is 0 Å². The lowest BCUT2D eigenvalue weighted by Gasteiger charge is -2.05. The van der Waals surface area contributed by atoms with Crippen molar-refractivity contribution >= 4 is 0 Å². The van der Waals surface area contributed by atoms with E-state index < -0.39 is 6.10 Å². The molecule has 1 rings (SSSR count). The molecule has 0 saturated heterocycles. The van der Waals surface area contributed by atoms with Crippen LogP contribution in [0.3, 0.4) is 0 Å². The summed E-state index contributed by atoms with van der Waals surface area (Å²) in [6.07, 6.45) is -0.568. The largest absolute Gasteiger partial charge is 0.508 e. The fraction of sp³-hybridized carbons (Fsp3) is 0.250. The van der Waals surface area contributed by atoms with E-state index in [1.54, 1.807) is 18.2 Å². The lowest BCUT2D eigenvalue weighted by molar-refractivity contribution is -0.385. The van der Waals surface area contributed by atoms with Crippen molar-refractivity contribution in [2.24, 2.45) is 0 Å². The Kier molecular flexibility index (Phi) is 2.46. The number of rotatable bonds is 2. The van der Waals surface area contributed by atoms with E-state index in [2.05, 4.69) is 5.73 Å². The van der Waals surface area contributed by atoms with Gasteiger partial charge in [0.2, 0.25) is 0 Å². The molecule has 0 aromatic heterocycles. The third kappa shape index (κ3) is 1.93. The molecule has 11 heavy (non-hydrogen) atoms. The zero-order valence-electron chi connectivity index (χ0n) is 6.20. The van der Waals surface area contributed by atoms with Gasteiger partial charge in [-0.05, 0) is 17.7 Å². The van der Waals surface area contributed by atoms with Gasteiger partial charge in [-0.3, -0.25) is 0 Å². The average Bonchev–Trinajstić information content (AvgIpc) is 2.03. The number of aliphatic hydroxyl groups is 1. The second kappa shape index (κ2) is 3.37. The number of quaternary nitrogens is 1. The van der Waals surface area contributed by atoms with Crippen LogP contribution in [0.25, 0.3) is 0 Å². The summed E-state index contributed by atoms with van der Waals surface area (Å²) in [4.78, 5) is 0. The number of benzene rings is 1. The molecule has 3 heteroatoms. The van der Waals surface area contributed by atoms with E-state index in [9.17, 15) is 5.11 Å². The molecule has 0 spiro atoms. The molecule has 0 bridgehead atoms. The molecule has 1 aromatic rings. The molecule has 1 atom stereocenters. The standard InChI is InChI=1S/C8H11NO2/c9-5-8(11)6-2-1-3-7(10)4-6/h1-4,8,10-11H,5,9H2/p+1. The highest BCUT2D eigenvalue weighted by Gasteiger charge is 2.06. The number of phenols is 1. The van der Waals surface area contributed by atoms with Crippen LogP contribution >= 0.6 is 0 Å². The summed E-state index contributed by atoms with van der Waals surface area (Å²) in [5.41, 5.74) is 4.27. The van der Waals surface area contributed by atoms with Gasteiger partial charge >= 0.3 is 0 Å². The van der Waals surface area contributed by atoms with Crippen molar-refractivity contribution in [2.75, 3.05) is 6.54 Å². The first kappa shape index (κ1) is 8.04. The minimum Gasteiger partial charge on any atom is -0.508 e. The maximum atomic E-state index is 9.28. The van der Waals surface area contributed by atoms with E-state index in [0.29, 0.717) is 12.1 Å². The lowest BCUT2D eigenvalue weighted by atomic mass is 10.1. The quantitative estimate of drug-likeness (QED) is 0.546. The van der Waals surface area contributed by atoms with Crippen molar-refractivity contribution in [1.29, 1.82) is 0 Å². The number of aliphatic hydroxyl groups excluding tert-OH is 1. The molecule has 0 radical (unpaired) electrons. The summed E-state index contributed by atoms with van der Waals surface area (Å²) < 4.78 is 0. The zero-order chi connectivity index (χ0) is 8.27. The molecule has 0 saturated carbocycles. The van der Waals surface area contributed by atoms with Crippen LogP contribution in [0.1, 0.15) is 11.7 Å². The van der Waals surface area contributed by atoms with E-state index >= 15 is 0 Å². The topological polar surface area (TPSA) is 68.1 Å². The van der Waals surface area contributed by atoms with Crippen LogP contribution in [0.2, 0.25) is 0 Å². The Bertz CT molecular complexity index is 237. The maximum absolute atomic E-state index is 9.28. The van der Waals surface area contributed by atoms with Crippen molar-refractivity contribution < 1.29 is 15.9 Å². The Morgan fingerprint density at radius 3 is 2.73 bits per heavy atom. The minimum atomic E-state index is -0.568. The fourth-order valence-corrected chi connectivity index (χ4v) is 0.899. The van der Waals surface area contributed by atoms with E-state index in [0.717, 1.165) is 0 Å². The molecule has 1 unspecified atom stereocenters. The Labute approximate surface area is 65.1 Å². The Balaban J connectivity index is 2.86. The third-order valence-corrected chi connectivity index (χ3v) is 1.53. The van der Waals surface area contributed by atoms with E-state index in [-0.39, 0.29) is 5.75 Å². The maximum Gasteiger partial charge on any atom is 0.128 e. The van der Waals surface area contributed by atoms with Gasteiger partial charge in [-0.25, -0.2) is 0 Å². The predicted molar refractivity (Wildman–Crippen MR) is 40.8 cm³/mol. The molecule has 0 heterocycles. The molecular formula is C8H12NO2+. The van der Waals surface area contributed by atoms with Crippen LogP contribution in [0.15, 0.2) is 24.3 Å². The van der Waals surface area contributed by atoms with Crippen LogP contribution in [-0.4, -0.2) is 16.8 Å². The highest BCUT2D eigenvalue weighted by atomic mass is 16.3. The Morgan fingerprint density at radius 1 is 1.45 bits per heavy atom. The normalized spacial score (nSPS) is 12.9. The summed E-state index contributed by atoms with van der Waals surface area (Å²) in [5.74, 6) is 0.176. The number of hydrogen-bond donors (Lipinski definition) is 3. The first-order valence-corrected chi connectivity index (χ1v) is 3.50. The Morgan fingerprint density at radius 2 is 2.18 bits per heavy atom. The smallest absolute Gasteiger partial charge is 0.128 e. The SMILES string of the molecule is [NH3+]CC(O)c1cccc(O)c1. The van der Waals surface area contributed by atoms with Crippen molar-refractivity contribution in [3.05, 3.63) is 29.8 Å². The summed E-state index contributed by atoms with van der Waals surface area (Å²) in [7, 11) is 0. The van der Waals surface area contributed by atoms with Gasteiger partial charge in [0.1, 0.15) is 18.4 Å². The zero-order valence-corrected chi connectivity index (χ0v) is 6.20. The van der Waals surface area contributed by atoms with Crippen LogP contribution in [0, 0.1) is 0 Å². The molecule has 60 valence electrons. The van der Waals surface area contributed by atoms with Crippen LogP contribution in [0.5, 0.6) is 5.75 Å². The summed E-state index contributed by atoms with van der Waals surface area (Å²) in [5, 5.41) is 18.3. The van der Waals surface area contributed by atoms with Crippen LogP contribution in [-0.2, 0) is 0 Å². The molecule has 5 N–H and O–H groups in total. The van der Waals surface area contributed by atoms with Crippen molar-refractivity contribution in [3.8, 4) is 5.75 Å². The highest BCUT2D eigenvalue weighted by Crippen LogP contribution is 2.16. The number of phenolic OH excluding ortho intramolecular Hbond substituents is 1. The second-order valence-electron chi connectivity index (χ2n) is 2.40. The summed E-state index contributed by atoms with van der Waals surface area (Å²) in [6, 6.07) is 6.56. The van der Waals surface area contributed by atoms with Crippen molar-refractivity contribution in [3.63, 3.8) is 0 Å². The van der Waals surface area contributed by atoms with Crippen molar-refractivity contribution in [2.45, 2.75) is 6.10 Å². The van der Waals surface area contributed by atoms with Gasteiger partial charge in [0.15, 0.2) is 0 Å². The van der Waals surface area contributed by atoms with Gasteiger partial charge in [-0.15, -0.1) is 0 Å². The molecule has 1 aromatic carbocycles. The van der Waals surface area contributed by atoms with Gasteiger partial charge in [0.25, 0.3) is 0 Å². The van der Waals surface area contributed by atoms with Crippen molar-refractivity contribution in [1.82, 2.24) is 0 Å². The highest BCUT2D eigenvalue weighted by molar-refractivity contribution is 5.28. The fourth-order valence-electron chi connectivity index (χ4n) is 0.899. The molecule has 0 aliphatic rings. The number of hydrogen-bond acceptors (Lipinski definition) is 2. The van der Waals surface area contributed by atoms with E-state index in [4.69, 9.17) is 5.11 Å². The van der Waals surface area contributed by atoms with Crippen LogP contribution in [0.4, 0.5) is 0 Å². The number of aromatic hydroxyl groups is 1. The third-order valence-electron chi connectivity index (χ3n) is 1.53. The predicted octanol–water partition coefficient (Wildman–Crippen LogP) is -0.332. The molecule has 3 nitrogen and oxygen atoms in total. The van der Waals surface area contributed by atoms with E-state index in [1.165, 1.54) is 6.07 Å². The monoisotopic (exact) mass is 154 g/mol. The van der Waals surface area contributed by atoms with Gasteiger partial charge in [-0.1, -0.05) is 12.1 Å². The summed E-state index contributed by atoms with van der Waals surface area (Å²) in [6.45, 7) is 0.420. The molecule has 0 aliphatic heterocycles. The minimum absolute atomic E-state index is 0.176. The molecule has 0 fully saturated rings. The summed E-state index contributed by atoms with van der Waals surface area (Å²) >= 11 is 0. The molecule has 0 amide bonds. The Hall–Kier alpha value is -1.06.